The number of unbranched alkanes of at least 4 members (excludes halogenated alkanes) is 2. The molecular weight excluding hydrogens is 358 g/mol. The molecule has 1 aliphatic rings. The maximum absolute atomic E-state index is 13.8. The normalized spacial score (nSPS) is 23.3. The minimum Gasteiger partial charge on any atom is -0.481 e. The Morgan fingerprint density at radius 2 is 1.93 bits per heavy atom. The number of halogens is 2. The van der Waals surface area contributed by atoms with Gasteiger partial charge >= 0.3 is 11.9 Å². The van der Waals surface area contributed by atoms with Gasteiger partial charge in [0.2, 0.25) is 5.78 Å². The third kappa shape index (κ3) is 7.87. The van der Waals surface area contributed by atoms with Gasteiger partial charge in [-0.25, -0.2) is 0 Å². The van der Waals surface area contributed by atoms with E-state index in [1.807, 2.05) is 0 Å². The zero-order chi connectivity index (χ0) is 20.4. The van der Waals surface area contributed by atoms with Gasteiger partial charge in [0.15, 0.2) is 0 Å². The fraction of sp³-hybridized carbons (Fsp3) is 0.750. The van der Waals surface area contributed by atoms with Crippen molar-refractivity contribution in [2.75, 3.05) is 0 Å². The van der Waals surface area contributed by atoms with Gasteiger partial charge in [-0.1, -0.05) is 25.5 Å². The van der Waals surface area contributed by atoms with Crippen LogP contribution in [0.1, 0.15) is 71.1 Å². The van der Waals surface area contributed by atoms with Crippen LogP contribution in [0.25, 0.3) is 0 Å². The van der Waals surface area contributed by atoms with E-state index in [2.05, 4.69) is 0 Å². The molecule has 0 aliphatic heterocycles. The number of aliphatic hydroxyl groups excluding tert-OH is 1. The van der Waals surface area contributed by atoms with Crippen molar-refractivity contribution in [2.45, 2.75) is 83.2 Å². The first-order valence-electron chi connectivity index (χ1n) is 9.67. The summed E-state index contributed by atoms with van der Waals surface area (Å²) in [6, 6.07) is 0. The molecular formula is C20H30F2O5. The Labute approximate surface area is 158 Å². The second kappa shape index (κ2) is 11.3. The molecule has 0 amide bonds. The van der Waals surface area contributed by atoms with Gasteiger partial charge < -0.3 is 10.2 Å². The van der Waals surface area contributed by atoms with Crippen molar-refractivity contribution >= 4 is 17.5 Å². The van der Waals surface area contributed by atoms with E-state index in [-0.39, 0.29) is 37.9 Å². The maximum atomic E-state index is 13.8. The van der Waals surface area contributed by atoms with Crippen LogP contribution in [0.5, 0.6) is 0 Å². The van der Waals surface area contributed by atoms with Crippen molar-refractivity contribution in [2.24, 2.45) is 11.8 Å². The molecule has 5 nitrogen and oxygen atoms in total. The van der Waals surface area contributed by atoms with Crippen molar-refractivity contribution in [1.82, 2.24) is 0 Å². The molecule has 0 saturated heterocycles. The van der Waals surface area contributed by atoms with Crippen LogP contribution in [0.4, 0.5) is 8.78 Å². The molecule has 27 heavy (non-hydrogen) atoms. The second-order valence-corrected chi connectivity index (χ2v) is 7.27. The molecule has 0 heterocycles. The predicted molar refractivity (Wildman–Crippen MR) is 96.6 cm³/mol. The number of carboxylic acids is 1. The number of alkyl halides is 2. The van der Waals surface area contributed by atoms with Crippen LogP contribution >= 0.6 is 0 Å². The number of carboxylic acid groups (broad SMARTS) is 1. The number of aliphatic carboxylic acids is 1. The van der Waals surface area contributed by atoms with Crippen LogP contribution in [-0.2, 0) is 14.4 Å². The minimum atomic E-state index is -3.34. The van der Waals surface area contributed by atoms with E-state index in [1.54, 1.807) is 19.1 Å². The highest BCUT2D eigenvalue weighted by Crippen LogP contribution is 2.36. The summed E-state index contributed by atoms with van der Waals surface area (Å²) in [4.78, 5) is 34.4. The highest BCUT2D eigenvalue weighted by Gasteiger charge is 2.43. The fourth-order valence-electron chi connectivity index (χ4n) is 3.47. The lowest BCUT2D eigenvalue weighted by atomic mass is 9.86. The average Bonchev–Trinajstić information content (AvgIpc) is 2.86. The van der Waals surface area contributed by atoms with E-state index < -0.39 is 42.0 Å². The number of aliphatic hydroxyl groups is 1. The molecule has 7 heteroatoms. The molecule has 3 atom stereocenters. The Morgan fingerprint density at radius 3 is 2.56 bits per heavy atom. The minimum absolute atomic E-state index is 0.0113. The molecule has 1 saturated carbocycles. The van der Waals surface area contributed by atoms with Crippen LogP contribution in [0.2, 0.25) is 0 Å². The molecule has 0 aromatic carbocycles. The smallest absolute Gasteiger partial charge is 0.305 e. The SMILES string of the molecule is CCCCC(F)(F)C(=O)CC[C@H]1C(O)CC(=O)[C@@H]1CC=CCCCC(=O)O. The fourth-order valence-corrected chi connectivity index (χ4v) is 3.47. The molecule has 0 aromatic rings. The second-order valence-electron chi connectivity index (χ2n) is 7.27. The van der Waals surface area contributed by atoms with E-state index in [9.17, 15) is 28.3 Å². The van der Waals surface area contributed by atoms with Crippen LogP contribution in [0, 0.1) is 11.8 Å². The predicted octanol–water partition coefficient (Wildman–Crippen LogP) is 3.93. The largest absolute Gasteiger partial charge is 0.481 e. The first-order chi connectivity index (χ1) is 12.7. The van der Waals surface area contributed by atoms with Gasteiger partial charge in [0.1, 0.15) is 5.78 Å². The molecule has 0 aromatic heterocycles. The van der Waals surface area contributed by atoms with Gasteiger partial charge in [0.25, 0.3) is 0 Å². The Hall–Kier alpha value is -1.63. The monoisotopic (exact) mass is 388 g/mol. The highest BCUT2D eigenvalue weighted by atomic mass is 19.3. The number of Topliss-reactive ketones (excluding diaryl/α,β-unsaturated/α-hetero) is 2. The van der Waals surface area contributed by atoms with E-state index in [0.29, 0.717) is 25.7 Å². The molecule has 154 valence electrons. The first-order valence-corrected chi connectivity index (χ1v) is 9.67. The maximum Gasteiger partial charge on any atom is 0.305 e. The summed E-state index contributed by atoms with van der Waals surface area (Å²) in [5, 5.41) is 18.7. The zero-order valence-corrected chi connectivity index (χ0v) is 15.8. The van der Waals surface area contributed by atoms with Gasteiger partial charge in [0, 0.05) is 31.6 Å². The Bertz CT molecular complexity index is 544. The molecule has 1 rings (SSSR count). The van der Waals surface area contributed by atoms with E-state index >= 15 is 0 Å². The number of carbonyl (C=O) groups is 3. The van der Waals surface area contributed by atoms with Crippen LogP contribution in [-0.4, -0.2) is 39.8 Å². The molecule has 1 aliphatic carbocycles. The summed E-state index contributed by atoms with van der Waals surface area (Å²) in [5.74, 6) is -6.42. The topological polar surface area (TPSA) is 91.7 Å². The van der Waals surface area contributed by atoms with Gasteiger partial charge in [-0.3, -0.25) is 14.4 Å². The molecule has 0 spiro atoms. The number of hydrogen-bond acceptors (Lipinski definition) is 4. The van der Waals surface area contributed by atoms with Gasteiger partial charge in [0.05, 0.1) is 6.10 Å². The number of carbonyl (C=O) groups excluding carboxylic acids is 2. The van der Waals surface area contributed by atoms with Crippen molar-refractivity contribution in [3.05, 3.63) is 12.2 Å². The summed E-state index contributed by atoms with van der Waals surface area (Å²) in [5.41, 5.74) is 0. The lowest BCUT2D eigenvalue weighted by Crippen LogP contribution is -2.30. The summed E-state index contributed by atoms with van der Waals surface area (Å²) < 4.78 is 27.6. The Balaban J connectivity index is 2.53. The summed E-state index contributed by atoms with van der Waals surface area (Å²) in [6.07, 6.45) is 4.29. The lowest BCUT2D eigenvalue weighted by Gasteiger charge is -2.21. The van der Waals surface area contributed by atoms with Crippen LogP contribution < -0.4 is 0 Å². The summed E-state index contributed by atoms with van der Waals surface area (Å²) in [6.45, 7) is 1.78. The van der Waals surface area contributed by atoms with Crippen molar-refractivity contribution in [1.29, 1.82) is 0 Å². The van der Waals surface area contributed by atoms with E-state index in [0.717, 1.165) is 0 Å². The van der Waals surface area contributed by atoms with E-state index in [4.69, 9.17) is 5.11 Å². The van der Waals surface area contributed by atoms with Crippen LogP contribution in [0.3, 0.4) is 0 Å². The van der Waals surface area contributed by atoms with Crippen molar-refractivity contribution < 1.29 is 33.4 Å². The number of hydrogen-bond donors (Lipinski definition) is 2. The number of allylic oxidation sites excluding steroid dienone is 2. The quantitative estimate of drug-likeness (QED) is 0.368. The average molecular weight is 388 g/mol. The lowest BCUT2D eigenvalue weighted by molar-refractivity contribution is -0.144. The molecule has 2 N–H and O–H groups in total. The van der Waals surface area contributed by atoms with Gasteiger partial charge in [-0.15, -0.1) is 0 Å². The first kappa shape index (κ1) is 23.4. The Morgan fingerprint density at radius 1 is 1.22 bits per heavy atom. The molecule has 1 fully saturated rings. The number of ketones is 2. The third-order valence-corrected chi connectivity index (χ3v) is 5.11. The number of rotatable bonds is 13. The Kier molecular flexibility index (Phi) is 9.77. The van der Waals surface area contributed by atoms with Crippen molar-refractivity contribution in [3.63, 3.8) is 0 Å². The molecule has 0 radical (unpaired) electrons. The van der Waals surface area contributed by atoms with Crippen LogP contribution in [0.15, 0.2) is 12.2 Å². The standard InChI is InChI=1S/C20H30F2O5/c1-2-3-12-20(21,22)18(25)11-10-15-14(16(23)13-17(15)24)8-6-4-5-7-9-19(26)27/h4,6,14-15,17,24H,2-3,5,7-13H2,1H3,(H,26,27)/t14-,15-,17?/m1/s1. The van der Waals surface area contributed by atoms with E-state index in [1.165, 1.54) is 0 Å². The highest BCUT2D eigenvalue weighted by molar-refractivity contribution is 5.86. The zero-order valence-electron chi connectivity index (χ0n) is 15.8. The van der Waals surface area contributed by atoms with Gasteiger partial charge in [-0.05, 0) is 38.0 Å². The summed E-state index contributed by atoms with van der Waals surface area (Å²) in [7, 11) is 0. The summed E-state index contributed by atoms with van der Waals surface area (Å²) >= 11 is 0. The molecule has 0 bridgehead atoms. The van der Waals surface area contributed by atoms with Crippen molar-refractivity contribution in [3.8, 4) is 0 Å². The molecule has 1 unspecified atom stereocenters. The third-order valence-electron chi connectivity index (χ3n) is 5.11. The van der Waals surface area contributed by atoms with Gasteiger partial charge in [-0.2, -0.15) is 8.78 Å².